The molecule has 0 radical (unpaired) electrons. The summed E-state index contributed by atoms with van der Waals surface area (Å²) in [6.45, 7) is 35.9. The summed E-state index contributed by atoms with van der Waals surface area (Å²) in [7, 11) is -1.44. The summed E-state index contributed by atoms with van der Waals surface area (Å²) in [5, 5.41) is 0. The zero-order valence-electron chi connectivity index (χ0n) is 44.6. The van der Waals surface area contributed by atoms with E-state index in [-0.39, 0.29) is 34.6 Å². The van der Waals surface area contributed by atoms with Gasteiger partial charge >= 0.3 is 14.6 Å². The van der Waals surface area contributed by atoms with E-state index in [1.165, 1.54) is 16.7 Å². The van der Waals surface area contributed by atoms with Crippen molar-refractivity contribution in [1.82, 2.24) is 0 Å². The predicted molar refractivity (Wildman–Crippen MR) is 286 cm³/mol. The van der Waals surface area contributed by atoms with Crippen LogP contribution in [0, 0.1) is 16.2 Å². The van der Waals surface area contributed by atoms with Crippen LogP contribution in [0.4, 0.5) is 0 Å². The molecule has 0 amide bonds. The van der Waals surface area contributed by atoms with Crippen LogP contribution in [-0.2, 0) is 42.1 Å². The largest absolute Gasteiger partial charge is 0.640 e. The molecular formula is C57H96B2O9. The molecule has 0 aromatic carbocycles. The molecule has 0 bridgehead atoms. The van der Waals surface area contributed by atoms with Crippen molar-refractivity contribution >= 4 is 14.6 Å². The van der Waals surface area contributed by atoms with Gasteiger partial charge in [0.05, 0.1) is 77.8 Å². The van der Waals surface area contributed by atoms with E-state index in [4.69, 9.17) is 42.1 Å². The van der Waals surface area contributed by atoms with Crippen molar-refractivity contribution in [3.05, 3.63) is 109 Å². The molecule has 0 aliphatic heterocycles. The molecule has 3 rings (SSSR count). The van der Waals surface area contributed by atoms with Gasteiger partial charge in [0.25, 0.3) is 0 Å². The molecule has 9 nitrogen and oxygen atoms in total. The maximum absolute atomic E-state index is 6.53. The summed E-state index contributed by atoms with van der Waals surface area (Å²) >= 11 is 0. The quantitative estimate of drug-likeness (QED) is 0.0346. The van der Waals surface area contributed by atoms with Crippen molar-refractivity contribution in [1.29, 1.82) is 0 Å². The highest BCUT2D eigenvalue weighted by molar-refractivity contribution is 6.36. The minimum Gasteiger partial charge on any atom is -0.383 e. The van der Waals surface area contributed by atoms with E-state index in [0.717, 1.165) is 96.3 Å². The van der Waals surface area contributed by atoms with Crippen molar-refractivity contribution in [2.75, 3.05) is 59.5 Å². The average Bonchev–Trinajstić information content (AvgIpc) is 3.23. The summed E-state index contributed by atoms with van der Waals surface area (Å²) < 4.78 is 53.5. The Balaban J connectivity index is 0.000000472. The number of unbranched alkanes of at least 4 members (excludes halogenated alkanes) is 6. The van der Waals surface area contributed by atoms with E-state index in [9.17, 15) is 0 Å². The van der Waals surface area contributed by atoms with Crippen LogP contribution in [0.25, 0.3) is 0 Å². The summed E-state index contributed by atoms with van der Waals surface area (Å²) in [6, 6.07) is 0. The van der Waals surface area contributed by atoms with E-state index in [0.29, 0.717) is 59.5 Å². The molecule has 0 heterocycles. The second kappa shape index (κ2) is 36.4. The number of hydrogen-bond acceptors (Lipinski definition) is 9. The van der Waals surface area contributed by atoms with E-state index in [1.54, 1.807) is 0 Å². The molecule has 3 aliphatic rings. The van der Waals surface area contributed by atoms with E-state index < -0.39 is 14.6 Å². The number of allylic oxidation sites excluding steroid dienone is 9. The third kappa shape index (κ3) is 32.3. The molecule has 3 unspecified atom stereocenters. The van der Waals surface area contributed by atoms with Crippen LogP contribution < -0.4 is 0 Å². The highest BCUT2D eigenvalue weighted by Crippen LogP contribution is 2.40. The number of rotatable bonds is 36. The first-order valence-corrected chi connectivity index (χ1v) is 25.9. The first-order valence-electron chi connectivity index (χ1n) is 25.9. The Morgan fingerprint density at radius 2 is 0.735 bits per heavy atom. The molecule has 3 atom stereocenters. The van der Waals surface area contributed by atoms with E-state index >= 15 is 0 Å². The number of ether oxygens (including phenoxy) is 3. The maximum Gasteiger partial charge on any atom is 0.640 e. The Morgan fingerprint density at radius 3 is 1.00 bits per heavy atom. The first kappa shape index (κ1) is 61.5. The van der Waals surface area contributed by atoms with Gasteiger partial charge in [0.1, 0.15) is 0 Å². The Labute approximate surface area is 417 Å². The molecule has 384 valence electrons. The summed E-state index contributed by atoms with van der Waals surface area (Å²) in [6.07, 6.45) is 41.1. The van der Waals surface area contributed by atoms with Gasteiger partial charge in [-0.15, -0.1) is 19.7 Å². The topological polar surface area (TPSA) is 83.1 Å². The lowest BCUT2D eigenvalue weighted by Crippen LogP contribution is -2.42. The number of hydrogen-bond donors (Lipinski definition) is 0. The normalized spacial score (nSPS) is 21.0. The summed E-state index contributed by atoms with van der Waals surface area (Å²) in [5.74, 6) is 0. The Morgan fingerprint density at radius 1 is 0.441 bits per heavy atom. The van der Waals surface area contributed by atoms with Gasteiger partial charge in [-0.3, -0.25) is 0 Å². The van der Waals surface area contributed by atoms with Crippen LogP contribution in [0.1, 0.15) is 159 Å². The standard InChI is InChI=1S/C30H51BO6.C27H45BO3/c1-4-7-10-13-16-19-22-32-25-28-35-31(36-29-26-33-23-20-17-14-11-8-5-2)37-30-27-34-24-21-18-15-12-9-6-3;1-19-10-22(16-25(4,5)13-19)29-28(30-23-11-20(2)14-26(6,7)17-23)31-24-12-21(3)15-27(8,9)18-24/h4-6,16-21H,1-3,7-15,22-30H2;10-12,22-24H,13-18H2,1-9H3. The molecule has 0 saturated carbocycles. The van der Waals surface area contributed by atoms with Crippen LogP contribution in [0.2, 0.25) is 0 Å². The third-order valence-corrected chi connectivity index (χ3v) is 11.7. The molecule has 68 heavy (non-hydrogen) atoms. The highest BCUT2D eigenvalue weighted by Gasteiger charge is 2.39. The second-order valence-electron chi connectivity index (χ2n) is 21.2. The molecule has 0 aromatic rings. The summed E-state index contributed by atoms with van der Waals surface area (Å²) in [4.78, 5) is 0. The van der Waals surface area contributed by atoms with Crippen molar-refractivity contribution in [2.45, 2.75) is 177 Å². The lowest BCUT2D eigenvalue weighted by atomic mass is 9.75. The van der Waals surface area contributed by atoms with Crippen molar-refractivity contribution < 1.29 is 42.1 Å². The van der Waals surface area contributed by atoms with E-state index in [1.807, 2.05) is 36.5 Å². The molecule has 3 aliphatic carbocycles. The van der Waals surface area contributed by atoms with Crippen LogP contribution in [0.5, 0.6) is 0 Å². The van der Waals surface area contributed by atoms with Crippen molar-refractivity contribution in [3.63, 3.8) is 0 Å². The Hall–Kier alpha value is -2.57. The van der Waals surface area contributed by atoms with Crippen molar-refractivity contribution in [3.8, 4) is 0 Å². The Kier molecular flexibility index (Phi) is 32.9. The Bertz CT molecular complexity index is 1380. The van der Waals surface area contributed by atoms with E-state index in [2.05, 4.69) is 119 Å². The minimum atomic E-state index is -0.783. The van der Waals surface area contributed by atoms with Gasteiger partial charge in [-0.1, -0.05) is 131 Å². The molecule has 0 saturated heterocycles. The van der Waals surface area contributed by atoms with Gasteiger partial charge < -0.3 is 42.1 Å². The lowest BCUT2D eigenvalue weighted by Gasteiger charge is -2.38. The fourth-order valence-electron chi connectivity index (χ4n) is 9.11. The summed E-state index contributed by atoms with van der Waals surface area (Å²) in [5.41, 5.74) is 4.89. The monoisotopic (exact) mass is 947 g/mol. The van der Waals surface area contributed by atoms with Gasteiger partial charge in [-0.05, 0) is 133 Å². The van der Waals surface area contributed by atoms with Gasteiger partial charge in [-0.25, -0.2) is 0 Å². The molecular weight excluding hydrogens is 850 g/mol. The molecule has 0 aromatic heterocycles. The fourth-order valence-corrected chi connectivity index (χ4v) is 9.11. The zero-order valence-corrected chi connectivity index (χ0v) is 44.6. The van der Waals surface area contributed by atoms with Crippen LogP contribution in [-0.4, -0.2) is 92.4 Å². The smallest absolute Gasteiger partial charge is 0.383 e. The van der Waals surface area contributed by atoms with Gasteiger partial charge in [0.15, 0.2) is 0 Å². The van der Waals surface area contributed by atoms with Crippen molar-refractivity contribution in [2.24, 2.45) is 16.2 Å². The van der Waals surface area contributed by atoms with Gasteiger partial charge in [-0.2, -0.15) is 0 Å². The molecule has 0 fully saturated rings. The highest BCUT2D eigenvalue weighted by atomic mass is 16.7. The van der Waals surface area contributed by atoms with Crippen LogP contribution in [0.15, 0.2) is 109 Å². The van der Waals surface area contributed by atoms with Gasteiger partial charge in [0, 0.05) is 0 Å². The van der Waals surface area contributed by atoms with Gasteiger partial charge in [0.2, 0.25) is 0 Å². The van der Waals surface area contributed by atoms with Crippen LogP contribution >= 0.6 is 0 Å². The third-order valence-electron chi connectivity index (χ3n) is 11.7. The molecule has 0 N–H and O–H groups in total. The zero-order chi connectivity index (χ0) is 49.9. The predicted octanol–water partition coefficient (Wildman–Crippen LogP) is 14.2. The maximum atomic E-state index is 6.53. The molecule has 11 heteroatoms. The molecule has 0 spiro atoms. The lowest BCUT2D eigenvalue weighted by molar-refractivity contribution is 0.00516. The average molecular weight is 947 g/mol. The van der Waals surface area contributed by atoms with Crippen LogP contribution in [0.3, 0.4) is 0 Å². The minimum absolute atomic E-state index is 0.0251. The fraction of sp³-hybridized carbons (Fsp3) is 0.684. The second-order valence-corrected chi connectivity index (χ2v) is 21.2. The first-order chi connectivity index (χ1) is 32.5. The SMILES string of the molecule is C=CCCCC=CCOCCOB(OCCOCC=CCCCC=C)OCCOCC=CCCCC=C.CC1=CC(OB(OC2C=C(C)CC(C)(C)C2)OC2C=C(C)CC(C)(C)C2)CC(C)(C)C1.